The topological polar surface area (TPSA) is 72.2 Å². The lowest BCUT2D eigenvalue weighted by molar-refractivity contribution is -0.384. The average Bonchev–Trinajstić information content (AvgIpc) is 2.52. The molecule has 2 aromatic carbocycles. The summed E-state index contributed by atoms with van der Waals surface area (Å²) in [7, 11) is 0. The van der Waals surface area contributed by atoms with Crippen LogP contribution in [-0.4, -0.2) is 16.6 Å². The average molecular weight is 334 g/mol. The minimum Gasteiger partial charge on any atom is -0.325 e. The molecule has 7 heteroatoms. The molecule has 0 bridgehead atoms. The molecule has 0 spiro atoms. The molecule has 0 aliphatic carbocycles. The summed E-state index contributed by atoms with van der Waals surface area (Å²) in [5.74, 6) is -0.501. The molecule has 23 heavy (non-hydrogen) atoms. The standard InChI is InChI=1S/C16H15FN2O3S/c1-11(12-4-2-7-15(8-12)19(21)22)23-10-16(20)18-14-6-3-5-13(17)9-14/h2-9,11H,10H2,1H3,(H,18,20)/t11-/m1/s1. The number of anilines is 1. The van der Waals surface area contributed by atoms with Crippen LogP contribution < -0.4 is 5.32 Å². The van der Waals surface area contributed by atoms with Crippen LogP contribution in [-0.2, 0) is 4.79 Å². The van der Waals surface area contributed by atoms with Crippen molar-refractivity contribution in [2.45, 2.75) is 12.2 Å². The first kappa shape index (κ1) is 17.0. The van der Waals surface area contributed by atoms with Gasteiger partial charge in [0, 0.05) is 23.1 Å². The van der Waals surface area contributed by atoms with Gasteiger partial charge in [0.1, 0.15) is 5.82 Å². The van der Waals surface area contributed by atoms with Crippen molar-refractivity contribution >= 4 is 29.0 Å². The van der Waals surface area contributed by atoms with Crippen LogP contribution in [0, 0.1) is 15.9 Å². The highest BCUT2D eigenvalue weighted by Crippen LogP contribution is 2.30. The van der Waals surface area contributed by atoms with Crippen molar-refractivity contribution in [3.05, 3.63) is 70.0 Å². The molecular formula is C16H15FN2O3S. The third-order valence-corrected chi connectivity index (χ3v) is 4.32. The molecule has 2 aromatic rings. The molecule has 0 saturated carbocycles. The van der Waals surface area contributed by atoms with Crippen molar-refractivity contribution in [1.82, 2.24) is 0 Å². The molecule has 0 saturated heterocycles. The van der Waals surface area contributed by atoms with Crippen LogP contribution in [0.5, 0.6) is 0 Å². The van der Waals surface area contributed by atoms with E-state index in [1.54, 1.807) is 18.2 Å². The number of rotatable bonds is 6. The summed E-state index contributed by atoms with van der Waals surface area (Å²) in [5, 5.41) is 13.3. The zero-order chi connectivity index (χ0) is 16.8. The summed E-state index contributed by atoms with van der Waals surface area (Å²) in [6, 6.07) is 12.0. The molecule has 5 nitrogen and oxygen atoms in total. The molecular weight excluding hydrogens is 319 g/mol. The zero-order valence-electron chi connectivity index (χ0n) is 12.4. The lowest BCUT2D eigenvalue weighted by Crippen LogP contribution is -2.14. The van der Waals surface area contributed by atoms with Gasteiger partial charge in [0.25, 0.3) is 5.69 Å². The minimum atomic E-state index is -0.447. The maximum absolute atomic E-state index is 13.0. The predicted octanol–water partition coefficient (Wildman–Crippen LogP) is 4.17. The summed E-state index contributed by atoms with van der Waals surface area (Å²) in [5.41, 5.74) is 1.21. The van der Waals surface area contributed by atoms with Crippen LogP contribution in [0.2, 0.25) is 0 Å². The number of amides is 1. The van der Waals surface area contributed by atoms with Gasteiger partial charge in [-0.1, -0.05) is 18.2 Å². The van der Waals surface area contributed by atoms with E-state index in [1.807, 2.05) is 6.92 Å². The van der Waals surface area contributed by atoms with Gasteiger partial charge in [0.05, 0.1) is 10.7 Å². The first-order chi connectivity index (χ1) is 11.0. The SMILES string of the molecule is C[C@@H](SCC(=O)Nc1cccc(F)c1)c1cccc([N+](=O)[O-])c1. The van der Waals surface area contributed by atoms with Crippen molar-refractivity contribution in [2.75, 3.05) is 11.1 Å². The molecule has 120 valence electrons. The highest BCUT2D eigenvalue weighted by molar-refractivity contribution is 8.00. The Labute approximate surface area is 137 Å². The third kappa shape index (κ3) is 5.07. The number of halogens is 1. The molecule has 0 aromatic heterocycles. The molecule has 0 heterocycles. The van der Waals surface area contributed by atoms with E-state index in [0.717, 1.165) is 5.56 Å². The van der Waals surface area contributed by atoms with Crippen LogP contribution >= 0.6 is 11.8 Å². The largest absolute Gasteiger partial charge is 0.325 e. The van der Waals surface area contributed by atoms with E-state index in [2.05, 4.69) is 5.32 Å². The Kier molecular flexibility index (Phi) is 5.70. The molecule has 0 radical (unpaired) electrons. The van der Waals surface area contributed by atoms with Gasteiger partial charge in [-0.05, 0) is 30.7 Å². The normalized spacial score (nSPS) is 11.7. The Balaban J connectivity index is 1.91. The Morgan fingerprint density at radius 3 is 2.74 bits per heavy atom. The smallest absolute Gasteiger partial charge is 0.269 e. The monoisotopic (exact) mass is 334 g/mol. The van der Waals surface area contributed by atoms with Gasteiger partial charge in [-0.25, -0.2) is 4.39 Å². The minimum absolute atomic E-state index is 0.0270. The lowest BCUT2D eigenvalue weighted by atomic mass is 10.1. The van der Waals surface area contributed by atoms with Gasteiger partial charge >= 0.3 is 0 Å². The number of non-ortho nitro benzene ring substituents is 1. The van der Waals surface area contributed by atoms with Gasteiger partial charge in [-0.2, -0.15) is 0 Å². The van der Waals surface area contributed by atoms with E-state index in [1.165, 1.54) is 42.1 Å². The van der Waals surface area contributed by atoms with Crippen LogP contribution in [0.15, 0.2) is 48.5 Å². The Hall–Kier alpha value is -2.41. The maximum atomic E-state index is 13.0. The molecule has 0 aliphatic heterocycles. The number of thioether (sulfide) groups is 1. The quantitative estimate of drug-likeness (QED) is 0.636. The van der Waals surface area contributed by atoms with Gasteiger partial charge in [-0.15, -0.1) is 11.8 Å². The van der Waals surface area contributed by atoms with Crippen LogP contribution in [0.4, 0.5) is 15.8 Å². The Morgan fingerprint density at radius 1 is 1.30 bits per heavy atom. The van der Waals surface area contributed by atoms with E-state index >= 15 is 0 Å². The number of hydrogen-bond acceptors (Lipinski definition) is 4. The number of nitro groups is 1. The zero-order valence-corrected chi connectivity index (χ0v) is 13.2. The molecule has 1 atom stereocenters. The fourth-order valence-corrected chi connectivity index (χ4v) is 2.76. The van der Waals surface area contributed by atoms with E-state index in [4.69, 9.17) is 0 Å². The van der Waals surface area contributed by atoms with E-state index in [9.17, 15) is 19.3 Å². The Bertz CT molecular complexity index is 724. The van der Waals surface area contributed by atoms with Crippen molar-refractivity contribution in [3.8, 4) is 0 Å². The van der Waals surface area contributed by atoms with E-state index in [-0.39, 0.29) is 22.6 Å². The molecule has 0 fully saturated rings. The van der Waals surface area contributed by atoms with Gasteiger partial charge in [-0.3, -0.25) is 14.9 Å². The highest BCUT2D eigenvalue weighted by atomic mass is 32.2. The second kappa shape index (κ2) is 7.73. The van der Waals surface area contributed by atoms with E-state index in [0.29, 0.717) is 5.69 Å². The van der Waals surface area contributed by atoms with Gasteiger partial charge in [0.2, 0.25) is 5.91 Å². The molecule has 1 amide bonds. The maximum Gasteiger partial charge on any atom is 0.269 e. The second-order valence-electron chi connectivity index (χ2n) is 4.86. The van der Waals surface area contributed by atoms with Gasteiger partial charge < -0.3 is 5.32 Å². The summed E-state index contributed by atoms with van der Waals surface area (Å²) in [4.78, 5) is 22.2. The number of carbonyl (C=O) groups excluding carboxylic acids is 1. The third-order valence-electron chi connectivity index (χ3n) is 3.12. The van der Waals surface area contributed by atoms with Crippen molar-refractivity contribution in [3.63, 3.8) is 0 Å². The molecule has 0 aliphatic rings. The molecule has 1 N–H and O–H groups in total. The lowest BCUT2D eigenvalue weighted by Gasteiger charge is -2.11. The van der Waals surface area contributed by atoms with Crippen molar-refractivity contribution < 1.29 is 14.1 Å². The number of nitrogens with zero attached hydrogens (tertiary/aromatic N) is 1. The number of nitro benzene ring substituents is 1. The molecule has 0 unspecified atom stereocenters. The summed E-state index contributed by atoms with van der Waals surface area (Å²) >= 11 is 1.35. The summed E-state index contributed by atoms with van der Waals surface area (Å²) in [6.45, 7) is 1.87. The van der Waals surface area contributed by atoms with Crippen molar-refractivity contribution in [1.29, 1.82) is 0 Å². The van der Waals surface area contributed by atoms with Crippen LogP contribution in [0.25, 0.3) is 0 Å². The summed E-state index contributed by atoms with van der Waals surface area (Å²) in [6.07, 6.45) is 0. The first-order valence-electron chi connectivity index (χ1n) is 6.87. The number of benzene rings is 2. The second-order valence-corrected chi connectivity index (χ2v) is 6.19. The van der Waals surface area contributed by atoms with Crippen LogP contribution in [0.3, 0.4) is 0 Å². The predicted molar refractivity (Wildman–Crippen MR) is 89.0 cm³/mol. The first-order valence-corrected chi connectivity index (χ1v) is 7.92. The number of carbonyl (C=O) groups is 1. The van der Waals surface area contributed by atoms with E-state index < -0.39 is 10.7 Å². The number of nitrogens with one attached hydrogen (secondary N) is 1. The Morgan fingerprint density at radius 2 is 2.04 bits per heavy atom. The number of hydrogen-bond donors (Lipinski definition) is 1. The van der Waals surface area contributed by atoms with Crippen LogP contribution in [0.1, 0.15) is 17.7 Å². The van der Waals surface area contributed by atoms with Gasteiger partial charge in [0.15, 0.2) is 0 Å². The van der Waals surface area contributed by atoms with Crippen molar-refractivity contribution in [2.24, 2.45) is 0 Å². The summed E-state index contributed by atoms with van der Waals surface area (Å²) < 4.78 is 13.0. The highest BCUT2D eigenvalue weighted by Gasteiger charge is 2.13. The molecule has 2 rings (SSSR count). The fraction of sp³-hybridized carbons (Fsp3) is 0.188. The fourth-order valence-electron chi connectivity index (χ4n) is 1.95.